The minimum Gasteiger partial charge on any atom is -0.303 e. The number of hydrogen-bond acceptors (Lipinski definition) is 2. The summed E-state index contributed by atoms with van der Waals surface area (Å²) in [5, 5.41) is -3.22. The van der Waals surface area contributed by atoms with Crippen molar-refractivity contribution in [2.24, 2.45) is 0 Å². The topological polar surface area (TPSA) is 94.8 Å². The van der Waals surface area contributed by atoms with Crippen molar-refractivity contribution in [3.8, 4) is 0 Å². The molecular weight excluding hydrogens is 284 g/mol. The summed E-state index contributed by atoms with van der Waals surface area (Å²) in [7, 11) is -4.64. The first-order valence-corrected chi connectivity index (χ1v) is 7.46. The third kappa shape index (κ3) is 461. The van der Waals surface area contributed by atoms with Crippen LogP contribution in [-0.2, 0) is 9.13 Å². The second-order valence-electron chi connectivity index (χ2n) is 0.912. The smallest absolute Gasteiger partial charge is 0.303 e. The molecule has 11 heavy (non-hydrogen) atoms. The summed E-state index contributed by atoms with van der Waals surface area (Å²) in [6.07, 6.45) is 0. The summed E-state index contributed by atoms with van der Waals surface area (Å²) in [6, 6.07) is 0. The molecule has 0 aliphatic heterocycles. The van der Waals surface area contributed by atoms with E-state index in [9.17, 15) is 4.57 Å². The first-order chi connectivity index (χ1) is 4.00. The van der Waals surface area contributed by atoms with E-state index < -0.39 is 13.0 Å². The predicted octanol–water partition coefficient (Wildman–Crippen LogP) is 2.30. The lowest BCUT2D eigenvalue weighted by atomic mass is 15.8. The maximum Gasteiger partial charge on any atom is 0.466 e. The van der Waals surface area contributed by atoms with Gasteiger partial charge in [-0.2, -0.15) is 0 Å². The number of rotatable bonds is 0. The Hall–Kier alpha value is 1.50. The standard InChI is InChI=1S/Cl3OP.ClH.H3O4P/c1-5(2,3)4;;1-5(2,3)4/h;1H;(H3,1,2,3,4). The van der Waals surface area contributed by atoms with Crippen molar-refractivity contribution in [2.45, 2.75) is 0 Å². The summed E-state index contributed by atoms with van der Waals surface area (Å²) in [4.78, 5) is 21.6. The van der Waals surface area contributed by atoms with Crippen LogP contribution in [0.4, 0.5) is 0 Å². The van der Waals surface area contributed by atoms with Crippen molar-refractivity contribution in [1.82, 2.24) is 0 Å². The minimum absolute atomic E-state index is 0. The third-order valence-corrected chi connectivity index (χ3v) is 0. The number of phosphoric acid groups is 1. The van der Waals surface area contributed by atoms with E-state index in [-0.39, 0.29) is 12.4 Å². The SMILES string of the molecule is Cl.O=P(Cl)(Cl)Cl.O=P(O)(O)O. The van der Waals surface area contributed by atoms with E-state index in [1.54, 1.807) is 0 Å². The summed E-state index contributed by atoms with van der Waals surface area (Å²) in [5.74, 6) is 0. The Morgan fingerprint density at radius 1 is 0.909 bits per heavy atom. The Bertz CT molecular complexity index is 129. The fourth-order valence-corrected chi connectivity index (χ4v) is 0. The van der Waals surface area contributed by atoms with E-state index in [0.717, 1.165) is 0 Å². The Balaban J connectivity index is -0.000000107. The third-order valence-electron chi connectivity index (χ3n) is 0. The van der Waals surface area contributed by atoms with Gasteiger partial charge in [-0.3, -0.25) is 4.57 Å². The van der Waals surface area contributed by atoms with Gasteiger partial charge < -0.3 is 14.7 Å². The van der Waals surface area contributed by atoms with Crippen LogP contribution in [-0.4, -0.2) is 14.7 Å². The average molecular weight is 288 g/mol. The molecule has 3 N–H and O–H groups in total. The molecule has 0 saturated heterocycles. The zero-order valence-corrected chi connectivity index (χ0v) is 9.47. The van der Waals surface area contributed by atoms with Gasteiger partial charge in [0.05, 0.1) is 0 Å². The first-order valence-electron chi connectivity index (χ1n) is 1.47. The van der Waals surface area contributed by atoms with Gasteiger partial charge in [0.2, 0.25) is 0 Å². The molecule has 0 radical (unpaired) electrons. The number of hydrogen-bond donors (Lipinski definition) is 3. The van der Waals surface area contributed by atoms with E-state index >= 15 is 0 Å². The zero-order chi connectivity index (χ0) is 9.00. The van der Waals surface area contributed by atoms with Crippen LogP contribution < -0.4 is 0 Å². The van der Waals surface area contributed by atoms with Crippen molar-refractivity contribution in [1.29, 1.82) is 0 Å². The van der Waals surface area contributed by atoms with E-state index in [1.165, 1.54) is 0 Å². The van der Waals surface area contributed by atoms with Gasteiger partial charge in [0.25, 0.3) is 0 Å². The van der Waals surface area contributed by atoms with Crippen molar-refractivity contribution in [3.63, 3.8) is 0 Å². The zero-order valence-electron chi connectivity index (χ0n) is 4.59. The quantitative estimate of drug-likeness (QED) is 0.594. The number of halogens is 4. The van der Waals surface area contributed by atoms with Crippen LogP contribution in [0.2, 0.25) is 0 Å². The van der Waals surface area contributed by atoms with Crippen LogP contribution in [0.15, 0.2) is 0 Å². The highest BCUT2D eigenvalue weighted by Crippen LogP contribution is 2.61. The largest absolute Gasteiger partial charge is 0.466 e. The lowest BCUT2D eigenvalue weighted by molar-refractivity contribution is 0.275. The Morgan fingerprint density at radius 2 is 0.909 bits per heavy atom. The molecule has 0 aliphatic carbocycles. The van der Waals surface area contributed by atoms with E-state index in [1.807, 2.05) is 0 Å². The van der Waals surface area contributed by atoms with Gasteiger partial charge in [-0.1, -0.05) is 0 Å². The Kier molecular flexibility index (Phi) is 11.6. The maximum atomic E-state index is 9.51. The van der Waals surface area contributed by atoms with Gasteiger partial charge in [-0.05, 0) is 33.7 Å². The molecule has 0 unspecified atom stereocenters. The second-order valence-corrected chi connectivity index (χ2v) is 8.58. The van der Waals surface area contributed by atoms with Crippen LogP contribution in [0.25, 0.3) is 0 Å². The molecule has 0 aromatic rings. The highest BCUT2D eigenvalue weighted by molar-refractivity contribution is 8.24. The van der Waals surface area contributed by atoms with Crippen molar-refractivity contribution in [2.75, 3.05) is 0 Å². The van der Waals surface area contributed by atoms with Gasteiger partial charge >= 0.3 is 13.0 Å². The van der Waals surface area contributed by atoms with Crippen LogP contribution in [0.3, 0.4) is 0 Å². The molecule has 0 spiro atoms. The van der Waals surface area contributed by atoms with Crippen LogP contribution in [0, 0.1) is 0 Å². The van der Waals surface area contributed by atoms with Crippen LogP contribution in [0.1, 0.15) is 0 Å². The summed E-state index contributed by atoms with van der Waals surface area (Å²) in [6.45, 7) is 0. The molecule has 0 bridgehead atoms. The molecule has 72 valence electrons. The molecule has 0 aromatic carbocycles. The molecule has 11 heteroatoms. The van der Waals surface area contributed by atoms with Crippen molar-refractivity contribution in [3.05, 3.63) is 0 Å². The molecule has 0 aromatic heterocycles. The lowest BCUT2D eigenvalue weighted by Crippen LogP contribution is -1.66. The molecule has 0 heterocycles. The molecular formula is H4Cl4O5P2. The van der Waals surface area contributed by atoms with Crippen LogP contribution >= 0.6 is 59.2 Å². The molecule has 0 aliphatic rings. The van der Waals surface area contributed by atoms with Gasteiger partial charge in [-0.15, -0.1) is 12.4 Å². The van der Waals surface area contributed by atoms with Crippen molar-refractivity contribution >= 4 is 59.2 Å². The fraction of sp³-hybridized carbons (Fsp3) is 0. The average Bonchev–Trinajstić information content (AvgIpc) is 1.12. The Labute approximate surface area is 83.0 Å². The summed E-state index contributed by atoms with van der Waals surface area (Å²) < 4.78 is 18.4. The molecule has 0 fully saturated rings. The van der Waals surface area contributed by atoms with E-state index in [2.05, 4.69) is 33.7 Å². The minimum atomic E-state index is -4.64. The normalized spacial score (nSPS) is 10.7. The molecule has 5 nitrogen and oxygen atoms in total. The lowest BCUT2D eigenvalue weighted by Gasteiger charge is -1.82. The summed E-state index contributed by atoms with van der Waals surface area (Å²) >= 11 is 13.8. The predicted molar refractivity (Wildman–Crippen MR) is 46.7 cm³/mol. The van der Waals surface area contributed by atoms with Gasteiger partial charge in [0, 0.05) is 0 Å². The van der Waals surface area contributed by atoms with E-state index in [4.69, 9.17) is 19.2 Å². The van der Waals surface area contributed by atoms with Gasteiger partial charge in [-0.25, -0.2) is 4.57 Å². The van der Waals surface area contributed by atoms with Crippen LogP contribution in [0.5, 0.6) is 0 Å². The maximum absolute atomic E-state index is 9.51. The highest BCUT2D eigenvalue weighted by Gasteiger charge is 2.03. The molecule has 0 amide bonds. The van der Waals surface area contributed by atoms with Crippen molar-refractivity contribution < 1.29 is 23.8 Å². The molecule has 0 rings (SSSR count). The fourth-order valence-electron chi connectivity index (χ4n) is 0. The molecule has 0 saturated carbocycles. The summed E-state index contributed by atoms with van der Waals surface area (Å²) in [5.41, 5.74) is 0. The monoisotopic (exact) mass is 286 g/mol. The van der Waals surface area contributed by atoms with Gasteiger partial charge in [0.15, 0.2) is 0 Å². The molecule has 0 atom stereocenters. The Morgan fingerprint density at radius 3 is 0.909 bits per heavy atom. The second kappa shape index (κ2) is 6.96. The first kappa shape index (κ1) is 18.3. The van der Waals surface area contributed by atoms with E-state index in [0.29, 0.717) is 0 Å². The highest BCUT2D eigenvalue weighted by atomic mass is 36.0. The van der Waals surface area contributed by atoms with Gasteiger partial charge in [0.1, 0.15) is 0 Å².